The molecule has 0 aliphatic rings. The van der Waals surface area contributed by atoms with Crippen molar-refractivity contribution in [3.8, 4) is 11.4 Å². The molecule has 25 heavy (non-hydrogen) atoms. The van der Waals surface area contributed by atoms with E-state index in [1.54, 1.807) is 25.4 Å². The second-order valence-corrected chi connectivity index (χ2v) is 6.03. The maximum absolute atomic E-state index is 13.7. The largest absolute Gasteiger partial charge is 0.349 e. The third kappa shape index (κ3) is 3.33. The summed E-state index contributed by atoms with van der Waals surface area (Å²) >= 11 is 0. The number of rotatable bonds is 3. The molecule has 3 aromatic heterocycles. The van der Waals surface area contributed by atoms with E-state index >= 15 is 0 Å². The van der Waals surface area contributed by atoms with Gasteiger partial charge in [0, 0.05) is 43.7 Å². The van der Waals surface area contributed by atoms with Crippen LogP contribution < -0.4 is 5.32 Å². The van der Waals surface area contributed by atoms with Gasteiger partial charge in [-0.05, 0) is 19.1 Å². The molecule has 0 aliphatic carbocycles. The first-order valence-electron chi connectivity index (χ1n) is 7.62. The van der Waals surface area contributed by atoms with Crippen molar-refractivity contribution in [3.63, 3.8) is 0 Å². The van der Waals surface area contributed by atoms with Crippen LogP contribution in [-0.4, -0.2) is 25.4 Å². The zero-order chi connectivity index (χ0) is 18.4. The van der Waals surface area contributed by atoms with Crippen molar-refractivity contribution >= 4 is 22.6 Å². The molecular formula is C17H17F2N5O. The molecule has 0 bridgehead atoms. The lowest BCUT2D eigenvalue weighted by Gasteiger charge is -2.11. The van der Waals surface area contributed by atoms with Crippen molar-refractivity contribution < 1.29 is 13.6 Å². The summed E-state index contributed by atoms with van der Waals surface area (Å²) < 4.78 is 29.2. The van der Waals surface area contributed by atoms with Gasteiger partial charge in [0.2, 0.25) is 5.91 Å². The maximum Gasteiger partial charge on any atom is 0.287 e. The normalized spacial score (nSPS) is 11.8. The lowest BCUT2D eigenvalue weighted by molar-refractivity contribution is -0.114. The number of hydrogen-bond donors (Lipinski definition) is 1. The number of aryl methyl sites for hydroxylation is 2. The molecule has 0 unspecified atom stereocenters. The van der Waals surface area contributed by atoms with Gasteiger partial charge in [-0.3, -0.25) is 4.79 Å². The Morgan fingerprint density at radius 3 is 2.64 bits per heavy atom. The zero-order valence-electron chi connectivity index (χ0n) is 14.3. The molecule has 3 aromatic rings. The Bertz CT molecular complexity index is 975. The van der Waals surface area contributed by atoms with Crippen LogP contribution in [0.15, 0.2) is 24.5 Å². The summed E-state index contributed by atoms with van der Waals surface area (Å²) in [5.41, 5.74) is 1.50. The number of carbonyl (C=O) groups is 1. The zero-order valence-corrected chi connectivity index (χ0v) is 14.3. The summed E-state index contributed by atoms with van der Waals surface area (Å²) in [6, 6.07) is 2.96. The van der Waals surface area contributed by atoms with Crippen LogP contribution in [0, 0.1) is 6.92 Å². The van der Waals surface area contributed by atoms with Crippen LogP contribution in [0.5, 0.6) is 0 Å². The van der Waals surface area contributed by atoms with Gasteiger partial charge >= 0.3 is 0 Å². The summed E-state index contributed by atoms with van der Waals surface area (Å²) in [4.78, 5) is 23.8. The fourth-order valence-corrected chi connectivity index (χ4v) is 2.62. The van der Waals surface area contributed by atoms with E-state index in [0.717, 1.165) is 17.8 Å². The van der Waals surface area contributed by atoms with E-state index in [9.17, 15) is 13.6 Å². The van der Waals surface area contributed by atoms with Gasteiger partial charge in [-0.25, -0.2) is 15.0 Å². The quantitative estimate of drug-likeness (QED) is 0.789. The number of amides is 1. The average molecular weight is 345 g/mol. The molecule has 6 nitrogen and oxygen atoms in total. The van der Waals surface area contributed by atoms with E-state index in [2.05, 4.69) is 20.3 Å². The number of pyridine rings is 1. The first-order chi connectivity index (χ1) is 11.6. The summed E-state index contributed by atoms with van der Waals surface area (Å²) in [6.45, 7) is 3.84. The Kier molecular flexibility index (Phi) is 3.98. The predicted octanol–water partition coefficient (Wildman–Crippen LogP) is 3.41. The topological polar surface area (TPSA) is 72.7 Å². The van der Waals surface area contributed by atoms with Gasteiger partial charge in [0.05, 0.1) is 11.7 Å². The molecule has 130 valence electrons. The minimum absolute atomic E-state index is 0.210. The van der Waals surface area contributed by atoms with Crippen molar-refractivity contribution in [3.05, 3.63) is 35.9 Å². The van der Waals surface area contributed by atoms with Gasteiger partial charge in [-0.2, -0.15) is 8.78 Å². The Labute approximate surface area is 142 Å². The Morgan fingerprint density at radius 2 is 2.00 bits per heavy atom. The van der Waals surface area contributed by atoms with Gasteiger partial charge in [0.25, 0.3) is 5.92 Å². The summed E-state index contributed by atoms with van der Waals surface area (Å²) in [5.74, 6) is -2.72. The molecule has 0 fully saturated rings. The third-order valence-corrected chi connectivity index (χ3v) is 3.72. The monoisotopic (exact) mass is 345 g/mol. The van der Waals surface area contributed by atoms with Crippen LogP contribution in [0.2, 0.25) is 0 Å². The van der Waals surface area contributed by atoms with E-state index in [1.807, 2.05) is 11.6 Å². The fourth-order valence-electron chi connectivity index (χ4n) is 2.62. The second kappa shape index (κ2) is 5.87. The number of halogens is 2. The number of anilines is 1. The van der Waals surface area contributed by atoms with Crippen LogP contribution in [0.1, 0.15) is 25.2 Å². The molecule has 0 radical (unpaired) electrons. The van der Waals surface area contributed by atoms with Crippen LogP contribution >= 0.6 is 0 Å². The lowest BCUT2D eigenvalue weighted by atomic mass is 10.1. The van der Waals surface area contributed by atoms with E-state index in [-0.39, 0.29) is 17.4 Å². The second-order valence-electron chi connectivity index (χ2n) is 6.03. The van der Waals surface area contributed by atoms with Crippen LogP contribution in [0.3, 0.4) is 0 Å². The van der Waals surface area contributed by atoms with Gasteiger partial charge in [-0.1, -0.05) is 0 Å². The molecule has 1 amide bonds. The molecule has 0 spiro atoms. The lowest BCUT2D eigenvalue weighted by Crippen LogP contribution is -2.11. The molecule has 0 saturated heterocycles. The van der Waals surface area contributed by atoms with Crippen LogP contribution in [0.4, 0.5) is 14.6 Å². The Morgan fingerprint density at radius 1 is 1.28 bits per heavy atom. The highest BCUT2D eigenvalue weighted by atomic mass is 19.3. The van der Waals surface area contributed by atoms with Gasteiger partial charge in [0.1, 0.15) is 11.5 Å². The number of nitrogens with one attached hydrogen (secondary N) is 1. The highest BCUT2D eigenvalue weighted by Gasteiger charge is 2.28. The first-order valence-corrected chi connectivity index (χ1v) is 7.62. The van der Waals surface area contributed by atoms with Crippen molar-refractivity contribution in [1.29, 1.82) is 0 Å². The first kappa shape index (κ1) is 16.9. The highest BCUT2D eigenvalue weighted by Crippen LogP contribution is 2.32. The molecule has 3 heterocycles. The van der Waals surface area contributed by atoms with E-state index < -0.39 is 5.92 Å². The number of aromatic nitrogens is 4. The molecule has 0 aliphatic heterocycles. The number of hydrogen-bond acceptors (Lipinski definition) is 4. The number of alkyl halides is 2. The van der Waals surface area contributed by atoms with Gasteiger partial charge in [-0.15, -0.1) is 0 Å². The van der Waals surface area contributed by atoms with Crippen molar-refractivity contribution in [2.45, 2.75) is 26.7 Å². The third-order valence-electron chi connectivity index (χ3n) is 3.72. The number of carbonyl (C=O) groups excluding carboxylic acids is 1. The number of fused-ring (bicyclic) bond motifs is 1. The summed E-state index contributed by atoms with van der Waals surface area (Å²) in [5, 5.41) is 3.33. The van der Waals surface area contributed by atoms with E-state index in [4.69, 9.17) is 0 Å². The summed E-state index contributed by atoms with van der Waals surface area (Å²) in [7, 11) is 1.82. The molecule has 0 saturated carbocycles. The molecule has 1 N–H and O–H groups in total. The molecule has 0 atom stereocenters. The van der Waals surface area contributed by atoms with Gasteiger partial charge in [0.15, 0.2) is 5.82 Å². The van der Waals surface area contributed by atoms with E-state index in [1.165, 1.54) is 13.0 Å². The van der Waals surface area contributed by atoms with Crippen LogP contribution in [-0.2, 0) is 17.8 Å². The predicted molar refractivity (Wildman–Crippen MR) is 90.3 cm³/mol. The SMILES string of the molecule is CC(=O)Nc1cc2c(-c3nc(C)cc(C(C)(F)F)n3)cn(C)c2cn1. The molecule has 0 aromatic carbocycles. The van der Waals surface area contributed by atoms with Crippen molar-refractivity contribution in [2.75, 3.05) is 5.32 Å². The maximum atomic E-state index is 13.7. The van der Waals surface area contributed by atoms with E-state index in [0.29, 0.717) is 17.1 Å². The number of nitrogens with zero attached hydrogens (tertiary/aromatic N) is 4. The molecule has 8 heteroatoms. The minimum atomic E-state index is -3.06. The fraction of sp³-hybridized carbons (Fsp3) is 0.294. The molecule has 3 rings (SSSR count). The van der Waals surface area contributed by atoms with Crippen molar-refractivity contribution in [2.24, 2.45) is 7.05 Å². The van der Waals surface area contributed by atoms with Gasteiger partial charge < -0.3 is 9.88 Å². The van der Waals surface area contributed by atoms with Crippen LogP contribution in [0.25, 0.3) is 22.3 Å². The Balaban J connectivity index is 2.21. The highest BCUT2D eigenvalue weighted by molar-refractivity contribution is 5.97. The summed E-state index contributed by atoms with van der Waals surface area (Å²) in [6.07, 6.45) is 3.37. The smallest absolute Gasteiger partial charge is 0.287 e. The molecular weight excluding hydrogens is 328 g/mol. The Hall–Kier alpha value is -2.90. The average Bonchev–Trinajstić information content (AvgIpc) is 2.82. The minimum Gasteiger partial charge on any atom is -0.349 e. The standard InChI is InChI=1S/C17H17F2N5O/c1-9-5-14(17(3,18)19)23-16(21-9)12-8-24(4)13-7-20-15(6-11(12)13)22-10(2)25/h5-8H,1-4H3,(H,20,22,25). The van der Waals surface area contributed by atoms with Crippen molar-refractivity contribution in [1.82, 2.24) is 19.5 Å².